The van der Waals surface area contributed by atoms with Crippen LogP contribution in [0.1, 0.15) is 15.9 Å². The molecule has 6 nitrogen and oxygen atoms in total. The van der Waals surface area contributed by atoms with Gasteiger partial charge < -0.3 is 19.8 Å². The molecule has 6 heteroatoms. The number of aromatic amines is 1. The highest BCUT2D eigenvalue weighted by Crippen LogP contribution is 2.24. The van der Waals surface area contributed by atoms with E-state index in [-0.39, 0.29) is 18.0 Å². The van der Waals surface area contributed by atoms with Crippen LogP contribution in [0.4, 0.5) is 0 Å². The summed E-state index contributed by atoms with van der Waals surface area (Å²) in [4.78, 5) is 27.1. The second-order valence-corrected chi connectivity index (χ2v) is 5.45. The lowest BCUT2D eigenvalue weighted by molar-refractivity contribution is 0.0952. The van der Waals surface area contributed by atoms with Gasteiger partial charge in [-0.15, -0.1) is 0 Å². The number of aromatic nitrogens is 1. The Bertz CT molecular complexity index is 979. The number of carbonyl (C=O) groups excluding carboxylic acids is 1. The lowest BCUT2D eigenvalue weighted by atomic mass is 10.1. The number of benzene rings is 2. The molecular weight excluding hydrogens is 320 g/mol. The second-order valence-electron chi connectivity index (χ2n) is 5.45. The van der Waals surface area contributed by atoms with Gasteiger partial charge in [0, 0.05) is 35.1 Å². The molecule has 0 aliphatic carbocycles. The molecule has 3 rings (SSSR count). The van der Waals surface area contributed by atoms with E-state index in [0.29, 0.717) is 28.0 Å². The summed E-state index contributed by atoms with van der Waals surface area (Å²) in [6.45, 7) is 0.271. The van der Waals surface area contributed by atoms with Gasteiger partial charge in [-0.3, -0.25) is 9.59 Å². The number of H-pyrrole nitrogens is 1. The molecule has 1 heterocycles. The Morgan fingerprint density at radius 3 is 2.64 bits per heavy atom. The molecule has 0 atom stereocenters. The number of carbonyl (C=O) groups is 1. The van der Waals surface area contributed by atoms with E-state index in [1.165, 1.54) is 6.07 Å². The third-order valence-corrected chi connectivity index (χ3v) is 3.93. The van der Waals surface area contributed by atoms with Crippen LogP contribution in [-0.4, -0.2) is 25.1 Å². The Kier molecular flexibility index (Phi) is 4.70. The maximum atomic E-state index is 12.6. The van der Waals surface area contributed by atoms with Crippen molar-refractivity contribution in [2.24, 2.45) is 0 Å². The molecule has 0 unspecified atom stereocenters. The van der Waals surface area contributed by atoms with Gasteiger partial charge >= 0.3 is 0 Å². The van der Waals surface area contributed by atoms with Gasteiger partial charge in [0.1, 0.15) is 11.5 Å². The lowest BCUT2D eigenvalue weighted by Gasteiger charge is -2.12. The first kappa shape index (κ1) is 16.6. The predicted octanol–water partition coefficient (Wildman–Crippen LogP) is 2.48. The maximum Gasteiger partial charge on any atom is 0.252 e. The van der Waals surface area contributed by atoms with Crippen molar-refractivity contribution in [3.8, 4) is 11.5 Å². The predicted molar refractivity (Wildman–Crippen MR) is 95.3 cm³/mol. The second kappa shape index (κ2) is 7.09. The van der Waals surface area contributed by atoms with Crippen LogP contribution < -0.4 is 20.3 Å². The molecule has 0 saturated heterocycles. The zero-order chi connectivity index (χ0) is 17.8. The molecule has 2 aromatic carbocycles. The largest absolute Gasteiger partial charge is 0.497 e. The first-order valence-corrected chi connectivity index (χ1v) is 7.73. The molecule has 0 radical (unpaired) electrons. The summed E-state index contributed by atoms with van der Waals surface area (Å²) in [5.74, 6) is 0.975. The zero-order valence-electron chi connectivity index (χ0n) is 14.0. The molecule has 0 bridgehead atoms. The van der Waals surface area contributed by atoms with Gasteiger partial charge in [-0.25, -0.2) is 0 Å². The first-order valence-electron chi connectivity index (χ1n) is 7.73. The quantitative estimate of drug-likeness (QED) is 0.749. The number of fused-ring (bicyclic) bond motifs is 1. The highest BCUT2D eigenvalue weighted by molar-refractivity contribution is 6.05. The molecule has 1 aromatic heterocycles. The number of nitrogens with one attached hydrogen (secondary N) is 2. The number of methoxy groups -OCH3 is 2. The van der Waals surface area contributed by atoms with Crippen molar-refractivity contribution in [1.82, 2.24) is 10.3 Å². The van der Waals surface area contributed by atoms with Gasteiger partial charge in [0.25, 0.3) is 5.91 Å². The standard InChI is InChI=1S/C19H18N2O4/c1-24-13-8-7-12(17(9-13)25-2)11-20-19(23)15-10-18(22)21-16-6-4-3-5-14(15)16/h3-10H,11H2,1-2H3,(H,20,23)(H,21,22). The fourth-order valence-electron chi connectivity index (χ4n) is 2.66. The average molecular weight is 338 g/mol. The molecule has 3 aromatic rings. The molecule has 0 aliphatic heterocycles. The van der Waals surface area contributed by atoms with E-state index >= 15 is 0 Å². The van der Waals surface area contributed by atoms with Crippen LogP contribution in [0.25, 0.3) is 10.9 Å². The van der Waals surface area contributed by atoms with Gasteiger partial charge in [-0.2, -0.15) is 0 Å². The van der Waals surface area contributed by atoms with Crippen molar-refractivity contribution >= 4 is 16.8 Å². The Morgan fingerprint density at radius 2 is 1.88 bits per heavy atom. The maximum absolute atomic E-state index is 12.6. The van der Waals surface area contributed by atoms with E-state index in [1.54, 1.807) is 38.5 Å². The van der Waals surface area contributed by atoms with Crippen LogP contribution >= 0.6 is 0 Å². The number of ether oxygens (including phenoxy) is 2. The van der Waals surface area contributed by atoms with Crippen molar-refractivity contribution in [1.29, 1.82) is 0 Å². The van der Waals surface area contributed by atoms with Crippen molar-refractivity contribution in [3.05, 3.63) is 70.0 Å². The van der Waals surface area contributed by atoms with E-state index in [4.69, 9.17) is 9.47 Å². The van der Waals surface area contributed by atoms with Crippen LogP contribution in [0.3, 0.4) is 0 Å². The van der Waals surface area contributed by atoms with E-state index in [2.05, 4.69) is 10.3 Å². The Labute approximate surface area is 144 Å². The minimum atomic E-state index is -0.319. The number of hydrogen-bond acceptors (Lipinski definition) is 4. The van der Waals surface area contributed by atoms with Crippen molar-refractivity contribution < 1.29 is 14.3 Å². The summed E-state index contributed by atoms with van der Waals surface area (Å²) in [6, 6.07) is 13.9. The van der Waals surface area contributed by atoms with Crippen molar-refractivity contribution in [2.75, 3.05) is 14.2 Å². The van der Waals surface area contributed by atoms with E-state index < -0.39 is 0 Å². The van der Waals surface area contributed by atoms with Gasteiger partial charge in [0.15, 0.2) is 0 Å². The SMILES string of the molecule is COc1ccc(CNC(=O)c2cc(=O)[nH]c3ccccc23)c(OC)c1. The molecule has 0 fully saturated rings. The van der Waals surface area contributed by atoms with Crippen LogP contribution in [0, 0.1) is 0 Å². The number of rotatable bonds is 5. The first-order chi connectivity index (χ1) is 12.1. The summed E-state index contributed by atoms with van der Waals surface area (Å²) in [5.41, 5.74) is 1.46. The number of hydrogen-bond donors (Lipinski definition) is 2. The van der Waals surface area contributed by atoms with Crippen molar-refractivity contribution in [3.63, 3.8) is 0 Å². The number of para-hydroxylation sites is 1. The van der Waals surface area contributed by atoms with Gasteiger partial charge in [-0.1, -0.05) is 18.2 Å². The summed E-state index contributed by atoms with van der Waals surface area (Å²) in [6.07, 6.45) is 0. The minimum absolute atomic E-state index is 0.271. The smallest absolute Gasteiger partial charge is 0.252 e. The molecule has 128 valence electrons. The fourth-order valence-corrected chi connectivity index (χ4v) is 2.66. The molecule has 2 N–H and O–H groups in total. The fraction of sp³-hybridized carbons (Fsp3) is 0.158. The van der Waals surface area contributed by atoms with E-state index in [0.717, 1.165) is 5.56 Å². The summed E-state index contributed by atoms with van der Waals surface area (Å²) < 4.78 is 10.5. The highest BCUT2D eigenvalue weighted by Gasteiger charge is 2.13. The molecular formula is C19H18N2O4. The highest BCUT2D eigenvalue weighted by atomic mass is 16.5. The lowest BCUT2D eigenvalue weighted by Crippen LogP contribution is -2.25. The van der Waals surface area contributed by atoms with Crippen LogP contribution in [0.5, 0.6) is 11.5 Å². The third-order valence-electron chi connectivity index (χ3n) is 3.93. The summed E-state index contributed by atoms with van der Waals surface area (Å²) >= 11 is 0. The van der Waals surface area contributed by atoms with E-state index in [1.807, 2.05) is 18.2 Å². The molecule has 25 heavy (non-hydrogen) atoms. The van der Waals surface area contributed by atoms with Gasteiger partial charge in [0.05, 0.1) is 19.8 Å². The Balaban J connectivity index is 1.86. The normalized spacial score (nSPS) is 10.5. The number of amides is 1. The van der Waals surface area contributed by atoms with Gasteiger partial charge in [0.2, 0.25) is 5.56 Å². The molecule has 0 spiro atoms. The van der Waals surface area contributed by atoms with Crippen LogP contribution in [0.2, 0.25) is 0 Å². The molecule has 1 amide bonds. The van der Waals surface area contributed by atoms with Crippen LogP contribution in [-0.2, 0) is 6.54 Å². The Hall–Kier alpha value is -3.28. The molecule has 0 aliphatic rings. The number of pyridine rings is 1. The van der Waals surface area contributed by atoms with E-state index in [9.17, 15) is 9.59 Å². The zero-order valence-corrected chi connectivity index (χ0v) is 14.0. The van der Waals surface area contributed by atoms with Crippen molar-refractivity contribution in [2.45, 2.75) is 6.54 Å². The average Bonchev–Trinajstić information content (AvgIpc) is 2.65. The topological polar surface area (TPSA) is 80.4 Å². The minimum Gasteiger partial charge on any atom is -0.497 e. The van der Waals surface area contributed by atoms with Gasteiger partial charge in [-0.05, 0) is 18.2 Å². The summed E-state index contributed by atoms with van der Waals surface area (Å²) in [7, 11) is 3.14. The third kappa shape index (κ3) is 3.47. The monoisotopic (exact) mass is 338 g/mol. The molecule has 0 saturated carbocycles. The van der Waals surface area contributed by atoms with Crippen LogP contribution in [0.15, 0.2) is 53.3 Å². The summed E-state index contributed by atoms with van der Waals surface area (Å²) in [5, 5.41) is 3.53. The Morgan fingerprint density at radius 1 is 1.08 bits per heavy atom.